The van der Waals surface area contributed by atoms with Crippen LogP contribution in [0.25, 0.3) is 0 Å². The van der Waals surface area contributed by atoms with Crippen molar-refractivity contribution in [2.45, 2.75) is 18.8 Å². The lowest BCUT2D eigenvalue weighted by atomic mass is 9.89. The molecular formula is C12H16N2O4. The largest absolute Gasteiger partial charge is 0.500 e. The van der Waals surface area contributed by atoms with E-state index in [1.165, 1.54) is 13.2 Å². The van der Waals surface area contributed by atoms with Crippen molar-refractivity contribution in [3.05, 3.63) is 27.8 Å². The second-order valence-corrected chi connectivity index (χ2v) is 4.37. The number of methoxy groups -OCH3 is 1. The Morgan fingerprint density at radius 2 is 2.11 bits per heavy atom. The Bertz CT molecular complexity index is 456. The number of benzene rings is 1. The molecule has 1 heterocycles. The number of ether oxygens (including phenoxy) is 1. The minimum atomic E-state index is -0.581. The van der Waals surface area contributed by atoms with Gasteiger partial charge in [-0.2, -0.15) is 0 Å². The molecule has 1 aromatic carbocycles. The SMILES string of the molecule is COc1cc(C2CCNCC2)cc([N+](=O)[O-])c1O. The van der Waals surface area contributed by atoms with Gasteiger partial charge in [0, 0.05) is 6.07 Å². The van der Waals surface area contributed by atoms with Crippen LogP contribution in [0.15, 0.2) is 12.1 Å². The molecule has 0 unspecified atom stereocenters. The van der Waals surface area contributed by atoms with Gasteiger partial charge in [-0.15, -0.1) is 0 Å². The Morgan fingerprint density at radius 3 is 2.67 bits per heavy atom. The molecule has 0 amide bonds. The summed E-state index contributed by atoms with van der Waals surface area (Å²) in [6.07, 6.45) is 1.87. The lowest BCUT2D eigenvalue weighted by Crippen LogP contribution is -2.26. The maximum absolute atomic E-state index is 10.9. The zero-order valence-electron chi connectivity index (χ0n) is 10.2. The summed E-state index contributed by atoms with van der Waals surface area (Å²) in [4.78, 5) is 10.3. The molecule has 18 heavy (non-hydrogen) atoms. The molecule has 0 atom stereocenters. The van der Waals surface area contributed by atoms with Crippen molar-refractivity contribution < 1.29 is 14.8 Å². The lowest BCUT2D eigenvalue weighted by molar-refractivity contribution is -0.386. The number of nitrogens with zero attached hydrogens (tertiary/aromatic N) is 1. The van der Waals surface area contributed by atoms with Crippen molar-refractivity contribution in [3.63, 3.8) is 0 Å². The quantitative estimate of drug-likeness (QED) is 0.632. The molecular weight excluding hydrogens is 236 g/mol. The predicted molar refractivity (Wildman–Crippen MR) is 66.2 cm³/mol. The molecule has 6 nitrogen and oxygen atoms in total. The maximum Gasteiger partial charge on any atom is 0.314 e. The molecule has 0 bridgehead atoms. The molecule has 0 aromatic heterocycles. The number of nitro benzene ring substituents is 1. The molecule has 0 saturated carbocycles. The first-order valence-electron chi connectivity index (χ1n) is 5.89. The van der Waals surface area contributed by atoms with E-state index in [-0.39, 0.29) is 17.4 Å². The first kappa shape index (κ1) is 12.6. The van der Waals surface area contributed by atoms with Gasteiger partial charge < -0.3 is 15.2 Å². The van der Waals surface area contributed by atoms with Gasteiger partial charge in [-0.1, -0.05) is 0 Å². The van der Waals surface area contributed by atoms with Gasteiger partial charge in [0.25, 0.3) is 0 Å². The number of nitro groups is 1. The van der Waals surface area contributed by atoms with Crippen LogP contribution in [0.5, 0.6) is 11.5 Å². The number of hydrogen-bond acceptors (Lipinski definition) is 5. The fourth-order valence-corrected chi connectivity index (χ4v) is 2.30. The summed E-state index contributed by atoms with van der Waals surface area (Å²) in [5.41, 5.74) is 0.570. The average molecular weight is 252 g/mol. The zero-order valence-corrected chi connectivity index (χ0v) is 10.2. The Balaban J connectivity index is 2.41. The monoisotopic (exact) mass is 252 g/mol. The van der Waals surface area contributed by atoms with E-state index < -0.39 is 10.7 Å². The molecule has 2 N–H and O–H groups in total. The summed E-state index contributed by atoms with van der Waals surface area (Å²) >= 11 is 0. The van der Waals surface area contributed by atoms with Gasteiger partial charge in [-0.3, -0.25) is 10.1 Å². The van der Waals surface area contributed by atoms with E-state index in [4.69, 9.17) is 4.74 Å². The number of hydrogen-bond donors (Lipinski definition) is 2. The average Bonchev–Trinajstić information content (AvgIpc) is 2.39. The van der Waals surface area contributed by atoms with Crippen LogP contribution in [0, 0.1) is 10.1 Å². The van der Waals surface area contributed by atoms with Crippen LogP contribution < -0.4 is 10.1 Å². The smallest absolute Gasteiger partial charge is 0.314 e. The fraction of sp³-hybridized carbons (Fsp3) is 0.500. The van der Waals surface area contributed by atoms with E-state index in [2.05, 4.69) is 5.32 Å². The molecule has 98 valence electrons. The number of aromatic hydroxyl groups is 1. The van der Waals surface area contributed by atoms with E-state index in [0.717, 1.165) is 31.5 Å². The van der Waals surface area contributed by atoms with Crippen LogP contribution in [0.3, 0.4) is 0 Å². The van der Waals surface area contributed by atoms with Crippen LogP contribution >= 0.6 is 0 Å². The van der Waals surface area contributed by atoms with Gasteiger partial charge in [0.15, 0.2) is 5.75 Å². The van der Waals surface area contributed by atoms with Crippen LogP contribution in [0.4, 0.5) is 5.69 Å². The number of phenols is 1. The fourth-order valence-electron chi connectivity index (χ4n) is 2.30. The molecule has 1 saturated heterocycles. The van der Waals surface area contributed by atoms with Crippen molar-refractivity contribution in [2.24, 2.45) is 0 Å². The highest BCUT2D eigenvalue weighted by Crippen LogP contribution is 2.40. The minimum absolute atomic E-state index is 0.165. The number of nitrogens with one attached hydrogen (secondary N) is 1. The number of phenolic OH excluding ortho intramolecular Hbond substituents is 1. The van der Waals surface area contributed by atoms with E-state index >= 15 is 0 Å². The van der Waals surface area contributed by atoms with E-state index in [1.807, 2.05) is 0 Å². The summed E-state index contributed by atoms with van der Waals surface area (Å²) in [6.45, 7) is 1.81. The van der Waals surface area contributed by atoms with Crippen LogP contribution in [0.2, 0.25) is 0 Å². The minimum Gasteiger partial charge on any atom is -0.500 e. The summed E-state index contributed by atoms with van der Waals surface area (Å²) in [5.74, 6) is 0.0392. The van der Waals surface area contributed by atoms with E-state index in [9.17, 15) is 15.2 Å². The molecule has 0 radical (unpaired) electrons. The summed E-state index contributed by atoms with van der Waals surface area (Å²) in [5, 5.41) is 23.9. The van der Waals surface area contributed by atoms with Gasteiger partial charge in [0.2, 0.25) is 5.75 Å². The summed E-state index contributed by atoms with van der Waals surface area (Å²) in [7, 11) is 1.39. The molecule has 1 aliphatic rings. The first-order chi connectivity index (χ1) is 8.63. The highest BCUT2D eigenvalue weighted by atomic mass is 16.6. The third-order valence-electron chi connectivity index (χ3n) is 3.30. The second kappa shape index (κ2) is 5.22. The third kappa shape index (κ3) is 2.38. The van der Waals surface area contributed by atoms with Crippen LogP contribution in [-0.2, 0) is 0 Å². The second-order valence-electron chi connectivity index (χ2n) is 4.37. The zero-order chi connectivity index (χ0) is 13.1. The number of rotatable bonds is 3. The van der Waals surface area contributed by atoms with Crippen molar-refractivity contribution >= 4 is 5.69 Å². The Labute approximate surface area is 105 Å². The van der Waals surface area contributed by atoms with Crippen LogP contribution in [-0.4, -0.2) is 30.2 Å². The molecule has 0 spiro atoms. The Kier molecular flexibility index (Phi) is 3.66. The standard InChI is InChI=1S/C12H16N2O4/c1-18-11-7-9(8-2-4-13-5-3-8)6-10(12(11)15)14(16)17/h6-8,13,15H,2-5H2,1H3. The van der Waals surface area contributed by atoms with Gasteiger partial charge in [0.1, 0.15) is 0 Å². The molecule has 0 aliphatic carbocycles. The Morgan fingerprint density at radius 1 is 1.44 bits per heavy atom. The van der Waals surface area contributed by atoms with Crippen molar-refractivity contribution in [2.75, 3.05) is 20.2 Å². The van der Waals surface area contributed by atoms with Crippen LogP contribution in [0.1, 0.15) is 24.3 Å². The van der Waals surface area contributed by atoms with Gasteiger partial charge in [0.05, 0.1) is 12.0 Å². The summed E-state index contributed by atoms with van der Waals surface area (Å²) < 4.78 is 5.00. The Hall–Kier alpha value is -1.82. The molecule has 1 fully saturated rings. The normalized spacial score (nSPS) is 16.5. The molecule has 1 aromatic rings. The highest BCUT2D eigenvalue weighted by Gasteiger charge is 2.24. The van der Waals surface area contributed by atoms with Crippen molar-refractivity contribution in [1.29, 1.82) is 0 Å². The molecule has 2 rings (SSSR count). The first-order valence-corrected chi connectivity index (χ1v) is 5.89. The van der Waals surface area contributed by atoms with E-state index in [1.54, 1.807) is 6.07 Å². The van der Waals surface area contributed by atoms with E-state index in [0.29, 0.717) is 0 Å². The summed E-state index contributed by atoms with van der Waals surface area (Å²) in [6, 6.07) is 3.14. The number of piperidine rings is 1. The highest BCUT2D eigenvalue weighted by molar-refractivity contribution is 5.57. The molecule has 1 aliphatic heterocycles. The molecule has 6 heteroatoms. The maximum atomic E-state index is 10.9. The third-order valence-corrected chi connectivity index (χ3v) is 3.30. The lowest BCUT2D eigenvalue weighted by Gasteiger charge is -2.23. The topological polar surface area (TPSA) is 84.6 Å². The predicted octanol–water partition coefficient (Wildman–Crippen LogP) is 1.78. The van der Waals surface area contributed by atoms with Gasteiger partial charge >= 0.3 is 5.69 Å². The van der Waals surface area contributed by atoms with Gasteiger partial charge in [-0.25, -0.2) is 0 Å². The van der Waals surface area contributed by atoms with Gasteiger partial charge in [-0.05, 0) is 43.5 Å². The van der Waals surface area contributed by atoms with Crippen molar-refractivity contribution in [1.82, 2.24) is 5.32 Å². The van der Waals surface area contributed by atoms with Crippen molar-refractivity contribution in [3.8, 4) is 11.5 Å².